The summed E-state index contributed by atoms with van der Waals surface area (Å²) >= 11 is 1.57. The van der Waals surface area contributed by atoms with Crippen molar-refractivity contribution in [2.45, 2.75) is 37.6 Å². The van der Waals surface area contributed by atoms with Gasteiger partial charge in [-0.15, -0.1) is 11.8 Å². The van der Waals surface area contributed by atoms with Crippen LogP contribution in [0.1, 0.15) is 38.3 Å². The van der Waals surface area contributed by atoms with Gasteiger partial charge in [-0.2, -0.15) is 0 Å². The van der Waals surface area contributed by atoms with Gasteiger partial charge in [-0.05, 0) is 30.7 Å². The van der Waals surface area contributed by atoms with Crippen LogP contribution in [0, 0.1) is 5.82 Å². The average Bonchev–Trinajstić information content (AvgIpc) is 2.20. The van der Waals surface area contributed by atoms with Crippen LogP contribution in [0.3, 0.4) is 0 Å². The Kier molecular flexibility index (Phi) is 5.12. The highest BCUT2D eigenvalue weighted by Crippen LogP contribution is 2.29. The zero-order valence-corrected chi connectivity index (χ0v) is 10.1. The van der Waals surface area contributed by atoms with Gasteiger partial charge in [0.05, 0.1) is 0 Å². The monoisotopic (exact) mass is 227 g/mol. The van der Waals surface area contributed by atoms with Gasteiger partial charge in [0.1, 0.15) is 5.82 Å². The molecule has 0 aliphatic heterocycles. The fourth-order valence-corrected chi connectivity index (χ4v) is 2.62. The molecule has 0 saturated carbocycles. The van der Waals surface area contributed by atoms with Crippen molar-refractivity contribution >= 4 is 11.8 Å². The molecular formula is C12H18FNS. The minimum absolute atomic E-state index is 0.107. The van der Waals surface area contributed by atoms with Crippen molar-refractivity contribution in [3.8, 4) is 0 Å². The van der Waals surface area contributed by atoms with E-state index in [0.29, 0.717) is 0 Å². The number of hydrogen-bond donors (Lipinski definition) is 1. The van der Waals surface area contributed by atoms with Crippen molar-refractivity contribution in [1.82, 2.24) is 0 Å². The van der Waals surface area contributed by atoms with Crippen LogP contribution in [0.15, 0.2) is 23.1 Å². The van der Waals surface area contributed by atoms with Crippen LogP contribution in [-0.2, 0) is 0 Å². The highest BCUT2D eigenvalue weighted by molar-refractivity contribution is 7.99. The van der Waals surface area contributed by atoms with E-state index in [-0.39, 0.29) is 11.9 Å². The fourth-order valence-electron chi connectivity index (χ4n) is 1.35. The molecule has 0 heterocycles. The van der Waals surface area contributed by atoms with Gasteiger partial charge in [-0.25, -0.2) is 4.39 Å². The lowest BCUT2D eigenvalue weighted by atomic mass is 10.1. The van der Waals surface area contributed by atoms with Gasteiger partial charge in [0.25, 0.3) is 0 Å². The van der Waals surface area contributed by atoms with E-state index in [0.717, 1.165) is 29.1 Å². The quantitative estimate of drug-likeness (QED) is 0.612. The van der Waals surface area contributed by atoms with Crippen molar-refractivity contribution in [1.29, 1.82) is 0 Å². The Morgan fingerprint density at radius 1 is 1.47 bits per heavy atom. The Morgan fingerprint density at radius 2 is 2.20 bits per heavy atom. The summed E-state index contributed by atoms with van der Waals surface area (Å²) < 4.78 is 13.6. The summed E-state index contributed by atoms with van der Waals surface area (Å²) in [5.41, 5.74) is 6.72. The summed E-state index contributed by atoms with van der Waals surface area (Å²) in [4.78, 5) is 0.723. The minimum atomic E-state index is -0.147. The van der Waals surface area contributed by atoms with Crippen LogP contribution in [-0.4, -0.2) is 5.75 Å². The third-order valence-corrected chi connectivity index (χ3v) is 3.44. The molecule has 15 heavy (non-hydrogen) atoms. The Balaban J connectivity index is 2.82. The van der Waals surface area contributed by atoms with E-state index in [9.17, 15) is 4.39 Å². The van der Waals surface area contributed by atoms with Crippen LogP contribution in [0.25, 0.3) is 0 Å². The van der Waals surface area contributed by atoms with E-state index >= 15 is 0 Å². The number of nitrogens with two attached hydrogens (primary N) is 1. The average molecular weight is 227 g/mol. The van der Waals surface area contributed by atoms with Gasteiger partial charge in [0.2, 0.25) is 0 Å². The van der Waals surface area contributed by atoms with Crippen molar-refractivity contribution in [2.24, 2.45) is 5.73 Å². The van der Waals surface area contributed by atoms with Gasteiger partial charge in [-0.3, -0.25) is 0 Å². The second-order valence-electron chi connectivity index (χ2n) is 3.65. The smallest absolute Gasteiger partial charge is 0.137 e. The summed E-state index contributed by atoms with van der Waals surface area (Å²) in [5, 5.41) is 0. The van der Waals surface area contributed by atoms with Crippen LogP contribution in [0.4, 0.5) is 4.39 Å². The Bertz CT molecular complexity index is 312. The van der Waals surface area contributed by atoms with Crippen LogP contribution >= 0.6 is 11.8 Å². The number of hydrogen-bond acceptors (Lipinski definition) is 2. The molecule has 0 saturated heterocycles. The first-order valence-electron chi connectivity index (χ1n) is 5.33. The van der Waals surface area contributed by atoms with Crippen LogP contribution in [0.2, 0.25) is 0 Å². The van der Waals surface area contributed by atoms with Gasteiger partial charge >= 0.3 is 0 Å². The third-order valence-electron chi connectivity index (χ3n) is 2.23. The van der Waals surface area contributed by atoms with E-state index < -0.39 is 0 Å². The molecule has 0 aliphatic carbocycles. The molecule has 3 heteroatoms. The lowest BCUT2D eigenvalue weighted by Gasteiger charge is -2.12. The highest BCUT2D eigenvalue weighted by atomic mass is 32.2. The van der Waals surface area contributed by atoms with Crippen molar-refractivity contribution < 1.29 is 4.39 Å². The van der Waals surface area contributed by atoms with Crippen molar-refractivity contribution in [3.05, 3.63) is 29.6 Å². The zero-order chi connectivity index (χ0) is 11.3. The second kappa shape index (κ2) is 6.13. The molecule has 1 rings (SSSR count). The Labute approximate surface area is 95.2 Å². The van der Waals surface area contributed by atoms with Gasteiger partial charge in [-0.1, -0.05) is 25.5 Å². The van der Waals surface area contributed by atoms with E-state index in [1.807, 2.05) is 13.0 Å². The summed E-state index contributed by atoms with van der Waals surface area (Å²) in [5.74, 6) is 0.808. The summed E-state index contributed by atoms with van der Waals surface area (Å²) in [6, 6.07) is 5.02. The Hall–Kier alpha value is -0.540. The van der Waals surface area contributed by atoms with Gasteiger partial charge in [0.15, 0.2) is 0 Å². The standard InChI is InChI=1S/C12H18FNS/c1-3-4-8-15-12-10(9(2)14)6-5-7-11(12)13/h5-7,9H,3-4,8,14H2,1-2H3/t9-/m1/s1. The predicted molar refractivity (Wildman–Crippen MR) is 64.6 cm³/mol. The summed E-state index contributed by atoms with van der Waals surface area (Å²) in [7, 11) is 0. The molecule has 0 fully saturated rings. The number of unbranched alkanes of at least 4 members (excludes halogenated alkanes) is 1. The first kappa shape index (κ1) is 12.5. The van der Waals surface area contributed by atoms with Crippen molar-refractivity contribution in [3.63, 3.8) is 0 Å². The molecule has 1 nitrogen and oxygen atoms in total. The third kappa shape index (κ3) is 3.50. The fraction of sp³-hybridized carbons (Fsp3) is 0.500. The van der Waals surface area contributed by atoms with E-state index in [4.69, 9.17) is 5.73 Å². The van der Waals surface area contributed by atoms with Crippen LogP contribution < -0.4 is 5.73 Å². The molecule has 2 N–H and O–H groups in total. The zero-order valence-electron chi connectivity index (χ0n) is 9.29. The second-order valence-corrected chi connectivity index (χ2v) is 4.75. The number of halogens is 1. The van der Waals surface area contributed by atoms with Crippen molar-refractivity contribution in [2.75, 3.05) is 5.75 Å². The minimum Gasteiger partial charge on any atom is -0.324 e. The van der Waals surface area contributed by atoms with Gasteiger partial charge < -0.3 is 5.73 Å². The molecule has 1 atom stereocenters. The largest absolute Gasteiger partial charge is 0.324 e. The highest BCUT2D eigenvalue weighted by Gasteiger charge is 2.11. The molecule has 84 valence electrons. The molecule has 0 amide bonds. The maximum atomic E-state index is 13.6. The molecule has 0 unspecified atom stereocenters. The molecule has 0 spiro atoms. The number of thioether (sulfide) groups is 1. The van der Waals surface area contributed by atoms with Crippen LogP contribution in [0.5, 0.6) is 0 Å². The summed E-state index contributed by atoms with van der Waals surface area (Å²) in [6.45, 7) is 4.02. The summed E-state index contributed by atoms with van der Waals surface area (Å²) in [6.07, 6.45) is 2.24. The molecule has 0 aliphatic rings. The normalized spacial score (nSPS) is 12.8. The predicted octanol–water partition coefficient (Wildman–Crippen LogP) is 3.74. The number of rotatable bonds is 5. The molecule has 0 aromatic heterocycles. The topological polar surface area (TPSA) is 26.0 Å². The maximum Gasteiger partial charge on any atom is 0.137 e. The maximum absolute atomic E-state index is 13.6. The van der Waals surface area contributed by atoms with E-state index in [1.54, 1.807) is 17.8 Å². The van der Waals surface area contributed by atoms with E-state index in [2.05, 4.69) is 6.92 Å². The first-order chi connectivity index (χ1) is 7.16. The molecule has 1 aromatic rings. The lowest BCUT2D eigenvalue weighted by Crippen LogP contribution is -2.07. The van der Waals surface area contributed by atoms with Gasteiger partial charge in [0, 0.05) is 10.9 Å². The molecular weight excluding hydrogens is 209 g/mol. The molecule has 0 bridgehead atoms. The molecule has 1 aromatic carbocycles. The Morgan fingerprint density at radius 3 is 2.80 bits per heavy atom. The van der Waals surface area contributed by atoms with E-state index in [1.165, 1.54) is 6.07 Å². The molecule has 0 radical (unpaired) electrons. The SMILES string of the molecule is CCCCSc1c(F)cccc1[C@@H](C)N. The first-order valence-corrected chi connectivity index (χ1v) is 6.32. The lowest BCUT2D eigenvalue weighted by molar-refractivity contribution is 0.591. The number of benzene rings is 1.